The number of rotatable bonds is 6. The maximum absolute atomic E-state index is 12.0. The molecule has 10 nitrogen and oxygen atoms in total. The van der Waals surface area contributed by atoms with Gasteiger partial charge >= 0.3 is 0 Å². The minimum Gasteiger partial charge on any atom is -0.325 e. The van der Waals surface area contributed by atoms with Gasteiger partial charge in [0.25, 0.3) is 0 Å². The number of hydrogen-bond acceptors (Lipinski definition) is 7. The van der Waals surface area contributed by atoms with Crippen LogP contribution in [0.25, 0.3) is 56.1 Å². The third kappa shape index (κ3) is 3.94. The number of nitrogens with one attached hydrogen (secondary N) is 3. The number of imidazole rings is 1. The SMILES string of the molecule is CCCC(=O)Nc1cncc(-c2ccc3[nH]nc(-c4nc5c(-c6ccncc6)ccnc5[nH]4)c3n2)c1. The molecule has 6 heterocycles. The predicted molar refractivity (Wildman–Crippen MR) is 137 cm³/mol. The fourth-order valence-electron chi connectivity index (χ4n) is 4.11. The first-order chi connectivity index (χ1) is 17.7. The molecule has 0 bridgehead atoms. The molecule has 0 spiro atoms. The number of aromatic nitrogens is 8. The van der Waals surface area contributed by atoms with Gasteiger partial charge in [0, 0.05) is 42.3 Å². The van der Waals surface area contributed by atoms with Gasteiger partial charge < -0.3 is 10.3 Å². The second-order valence-corrected chi connectivity index (χ2v) is 8.30. The molecule has 0 unspecified atom stereocenters. The molecule has 0 fully saturated rings. The Bertz CT molecular complexity index is 1710. The molecule has 0 radical (unpaired) electrons. The van der Waals surface area contributed by atoms with Crippen LogP contribution in [0.4, 0.5) is 5.69 Å². The molecule has 6 aromatic heterocycles. The van der Waals surface area contributed by atoms with Crippen molar-refractivity contribution in [3.8, 4) is 33.9 Å². The summed E-state index contributed by atoms with van der Waals surface area (Å²) in [7, 11) is 0. The highest BCUT2D eigenvalue weighted by atomic mass is 16.1. The molecule has 6 aromatic rings. The Hall–Kier alpha value is -4.99. The van der Waals surface area contributed by atoms with E-state index in [4.69, 9.17) is 9.97 Å². The fourth-order valence-corrected chi connectivity index (χ4v) is 4.11. The topological polar surface area (TPSA) is 138 Å². The van der Waals surface area contributed by atoms with Crippen LogP contribution in [0.5, 0.6) is 0 Å². The van der Waals surface area contributed by atoms with Crippen LogP contribution in [0.15, 0.2) is 67.4 Å². The van der Waals surface area contributed by atoms with Crippen molar-refractivity contribution in [1.82, 2.24) is 40.1 Å². The summed E-state index contributed by atoms with van der Waals surface area (Å²) in [4.78, 5) is 37.8. The van der Waals surface area contributed by atoms with Crippen LogP contribution in [0.2, 0.25) is 0 Å². The van der Waals surface area contributed by atoms with E-state index in [1.165, 1.54) is 0 Å². The van der Waals surface area contributed by atoms with Gasteiger partial charge in [-0.3, -0.25) is 19.9 Å². The molecule has 0 aliphatic heterocycles. The number of aromatic amines is 2. The predicted octanol–water partition coefficient (Wildman–Crippen LogP) is 4.76. The molecule has 3 N–H and O–H groups in total. The monoisotopic (exact) mass is 475 g/mol. The van der Waals surface area contributed by atoms with Crippen LogP contribution in [0, 0.1) is 0 Å². The van der Waals surface area contributed by atoms with Gasteiger partial charge in [0.1, 0.15) is 11.0 Å². The first-order valence-corrected chi connectivity index (χ1v) is 11.6. The minimum atomic E-state index is -0.0402. The zero-order valence-electron chi connectivity index (χ0n) is 19.4. The number of anilines is 1. The third-order valence-electron chi connectivity index (χ3n) is 5.80. The van der Waals surface area contributed by atoms with E-state index in [0.29, 0.717) is 40.5 Å². The van der Waals surface area contributed by atoms with E-state index in [0.717, 1.165) is 34.1 Å². The summed E-state index contributed by atoms with van der Waals surface area (Å²) in [5.74, 6) is 0.523. The van der Waals surface area contributed by atoms with Crippen LogP contribution < -0.4 is 5.32 Å². The lowest BCUT2D eigenvalue weighted by Crippen LogP contribution is -2.10. The normalized spacial score (nSPS) is 11.2. The van der Waals surface area contributed by atoms with Crippen LogP contribution in [0.3, 0.4) is 0 Å². The summed E-state index contributed by atoms with van der Waals surface area (Å²) in [6, 6.07) is 11.5. The maximum Gasteiger partial charge on any atom is 0.224 e. The molecule has 0 aliphatic rings. The Morgan fingerprint density at radius 2 is 1.83 bits per heavy atom. The Kier molecular flexibility index (Phi) is 5.38. The van der Waals surface area contributed by atoms with Crippen LogP contribution >= 0.6 is 0 Å². The number of H-pyrrole nitrogens is 2. The van der Waals surface area contributed by atoms with Gasteiger partial charge in [-0.15, -0.1) is 0 Å². The molecule has 6 rings (SSSR count). The van der Waals surface area contributed by atoms with E-state index >= 15 is 0 Å². The van der Waals surface area contributed by atoms with Crippen LogP contribution in [-0.2, 0) is 4.79 Å². The first-order valence-electron chi connectivity index (χ1n) is 11.6. The van der Waals surface area contributed by atoms with Crippen molar-refractivity contribution in [3.05, 3.63) is 67.4 Å². The van der Waals surface area contributed by atoms with Gasteiger partial charge in [0.15, 0.2) is 17.2 Å². The summed E-state index contributed by atoms with van der Waals surface area (Å²) in [5, 5.41) is 10.4. The zero-order valence-corrected chi connectivity index (χ0v) is 19.4. The molecular weight excluding hydrogens is 454 g/mol. The van der Waals surface area contributed by atoms with E-state index in [1.807, 2.05) is 43.3 Å². The Labute approximate surface area is 205 Å². The van der Waals surface area contributed by atoms with Crippen molar-refractivity contribution in [2.24, 2.45) is 0 Å². The second kappa shape index (κ2) is 8.99. The number of carbonyl (C=O) groups is 1. The Morgan fingerprint density at radius 3 is 2.69 bits per heavy atom. The number of fused-ring (bicyclic) bond motifs is 2. The standard InChI is InChI=1S/C26H21N9O/c1-2-3-21(36)30-17-12-16(13-28-14-17)19-4-5-20-23(31-19)24(35-34-20)26-32-22-18(8-11-29-25(22)33-26)15-6-9-27-10-7-15/h4-14H,2-3H2,1H3,(H,30,36)(H,34,35)(H,29,32,33). The molecule has 36 heavy (non-hydrogen) atoms. The minimum absolute atomic E-state index is 0.0402. The second-order valence-electron chi connectivity index (χ2n) is 8.30. The lowest BCUT2D eigenvalue weighted by molar-refractivity contribution is -0.116. The van der Waals surface area contributed by atoms with Gasteiger partial charge in [-0.25, -0.2) is 15.0 Å². The Balaban J connectivity index is 1.40. The summed E-state index contributed by atoms with van der Waals surface area (Å²) in [5.41, 5.74) is 7.50. The lowest BCUT2D eigenvalue weighted by atomic mass is 10.1. The molecule has 0 aliphatic carbocycles. The summed E-state index contributed by atoms with van der Waals surface area (Å²) in [6.45, 7) is 1.97. The average molecular weight is 476 g/mol. The van der Waals surface area contributed by atoms with E-state index in [9.17, 15) is 4.79 Å². The van der Waals surface area contributed by atoms with E-state index in [-0.39, 0.29) is 5.91 Å². The van der Waals surface area contributed by atoms with Gasteiger partial charge in [0.2, 0.25) is 5.91 Å². The van der Waals surface area contributed by atoms with Crippen LogP contribution in [0.1, 0.15) is 19.8 Å². The fraction of sp³-hybridized carbons (Fsp3) is 0.115. The molecule has 0 aromatic carbocycles. The maximum atomic E-state index is 12.0. The molecule has 176 valence electrons. The number of carbonyl (C=O) groups excluding carboxylic acids is 1. The largest absolute Gasteiger partial charge is 0.325 e. The van der Waals surface area contributed by atoms with Crippen molar-refractivity contribution in [2.75, 3.05) is 5.32 Å². The smallest absolute Gasteiger partial charge is 0.224 e. The van der Waals surface area contributed by atoms with Crippen molar-refractivity contribution in [1.29, 1.82) is 0 Å². The van der Waals surface area contributed by atoms with Crippen molar-refractivity contribution in [2.45, 2.75) is 19.8 Å². The quantitative estimate of drug-likeness (QED) is 0.316. The summed E-state index contributed by atoms with van der Waals surface area (Å²) < 4.78 is 0. The summed E-state index contributed by atoms with van der Waals surface area (Å²) >= 11 is 0. The highest BCUT2D eigenvalue weighted by molar-refractivity contribution is 5.95. The zero-order chi connectivity index (χ0) is 24.5. The number of hydrogen-bond donors (Lipinski definition) is 3. The van der Waals surface area contributed by atoms with E-state index in [1.54, 1.807) is 31.0 Å². The molecule has 0 saturated carbocycles. The number of pyridine rings is 4. The van der Waals surface area contributed by atoms with Crippen molar-refractivity contribution < 1.29 is 4.79 Å². The van der Waals surface area contributed by atoms with E-state index in [2.05, 4.69) is 35.5 Å². The lowest BCUT2D eigenvalue weighted by Gasteiger charge is -2.06. The highest BCUT2D eigenvalue weighted by Gasteiger charge is 2.17. The van der Waals surface area contributed by atoms with Crippen LogP contribution in [-0.4, -0.2) is 46.0 Å². The summed E-state index contributed by atoms with van der Waals surface area (Å²) in [6.07, 6.45) is 9.83. The van der Waals surface area contributed by atoms with Gasteiger partial charge in [-0.05, 0) is 48.4 Å². The Morgan fingerprint density at radius 1 is 0.944 bits per heavy atom. The average Bonchev–Trinajstić information content (AvgIpc) is 3.53. The van der Waals surface area contributed by atoms with Gasteiger partial charge in [0.05, 0.1) is 23.1 Å². The molecule has 1 amide bonds. The first kappa shape index (κ1) is 21.5. The van der Waals surface area contributed by atoms with Gasteiger partial charge in [-0.1, -0.05) is 6.92 Å². The van der Waals surface area contributed by atoms with Crippen molar-refractivity contribution in [3.63, 3.8) is 0 Å². The molecular formula is C26H21N9O. The highest BCUT2D eigenvalue weighted by Crippen LogP contribution is 2.31. The molecule has 0 saturated heterocycles. The van der Waals surface area contributed by atoms with E-state index < -0.39 is 0 Å². The molecule has 10 heteroatoms. The van der Waals surface area contributed by atoms with Gasteiger partial charge in [-0.2, -0.15) is 5.10 Å². The third-order valence-corrected chi connectivity index (χ3v) is 5.80. The molecule has 0 atom stereocenters. The van der Waals surface area contributed by atoms with Crippen molar-refractivity contribution >= 4 is 33.8 Å². The number of nitrogens with zero attached hydrogens (tertiary/aromatic N) is 6. The number of amides is 1.